The predicted octanol–water partition coefficient (Wildman–Crippen LogP) is 3.01. The van der Waals surface area contributed by atoms with Gasteiger partial charge in [-0.25, -0.2) is 0 Å². The first-order valence-corrected chi connectivity index (χ1v) is 6.20. The van der Waals surface area contributed by atoms with Gasteiger partial charge in [-0.2, -0.15) is 0 Å². The van der Waals surface area contributed by atoms with E-state index in [2.05, 4.69) is 35.6 Å². The minimum absolute atomic E-state index is 1.06. The quantitative estimate of drug-likeness (QED) is 0.672. The molecule has 1 N–H and O–H groups in total. The molecule has 0 unspecified atom stereocenters. The second kappa shape index (κ2) is 5.92. The lowest BCUT2D eigenvalue weighted by Crippen LogP contribution is -2.17. The first-order chi connectivity index (χ1) is 7.45. The fourth-order valence-electron chi connectivity index (χ4n) is 1.90. The van der Waals surface area contributed by atoms with Crippen molar-refractivity contribution in [3.8, 4) is 0 Å². The van der Waals surface area contributed by atoms with E-state index < -0.39 is 0 Å². The standard InChI is InChI=1S/C14H21N/c1-2-5-13(6-3-1)7-4-11-15-12-10-14-8-9-14/h1-3,5-6,14-15H,4,7-12H2. The molecule has 1 aromatic rings. The third kappa shape index (κ3) is 4.48. The zero-order chi connectivity index (χ0) is 10.3. The highest BCUT2D eigenvalue weighted by molar-refractivity contribution is 5.14. The average molecular weight is 203 g/mol. The molecule has 1 saturated carbocycles. The summed E-state index contributed by atoms with van der Waals surface area (Å²) in [6.45, 7) is 2.39. The third-order valence-electron chi connectivity index (χ3n) is 3.09. The highest BCUT2D eigenvalue weighted by atomic mass is 14.8. The minimum Gasteiger partial charge on any atom is -0.317 e. The van der Waals surface area contributed by atoms with Crippen LogP contribution in [0.4, 0.5) is 0 Å². The Labute approximate surface area is 92.9 Å². The largest absolute Gasteiger partial charge is 0.317 e. The number of hydrogen-bond donors (Lipinski definition) is 1. The molecule has 0 heterocycles. The van der Waals surface area contributed by atoms with E-state index >= 15 is 0 Å². The summed E-state index contributed by atoms with van der Waals surface area (Å²) in [5, 5.41) is 3.53. The molecule has 1 heteroatoms. The summed E-state index contributed by atoms with van der Waals surface area (Å²) in [6, 6.07) is 10.7. The van der Waals surface area contributed by atoms with Crippen molar-refractivity contribution in [3.63, 3.8) is 0 Å². The van der Waals surface area contributed by atoms with E-state index in [4.69, 9.17) is 0 Å². The van der Waals surface area contributed by atoms with E-state index in [9.17, 15) is 0 Å². The van der Waals surface area contributed by atoms with Crippen molar-refractivity contribution >= 4 is 0 Å². The first kappa shape index (κ1) is 10.7. The molecular weight excluding hydrogens is 182 g/mol. The smallest absolute Gasteiger partial charge is 0.00457 e. The number of rotatable bonds is 7. The van der Waals surface area contributed by atoms with E-state index in [1.54, 1.807) is 0 Å². The van der Waals surface area contributed by atoms with Gasteiger partial charge in [0, 0.05) is 0 Å². The fraction of sp³-hybridized carbons (Fsp3) is 0.571. The summed E-state index contributed by atoms with van der Waals surface area (Å²) >= 11 is 0. The van der Waals surface area contributed by atoms with Crippen molar-refractivity contribution in [2.24, 2.45) is 5.92 Å². The maximum absolute atomic E-state index is 3.53. The molecule has 1 aliphatic carbocycles. The molecule has 0 radical (unpaired) electrons. The molecule has 82 valence electrons. The summed E-state index contributed by atoms with van der Waals surface area (Å²) in [7, 11) is 0. The summed E-state index contributed by atoms with van der Waals surface area (Å²) in [4.78, 5) is 0. The Balaban J connectivity index is 1.47. The van der Waals surface area contributed by atoms with Crippen LogP contribution in [0.3, 0.4) is 0 Å². The van der Waals surface area contributed by atoms with E-state index in [0.717, 1.165) is 5.92 Å². The van der Waals surface area contributed by atoms with Crippen LogP contribution in [0.25, 0.3) is 0 Å². The number of nitrogens with one attached hydrogen (secondary N) is 1. The zero-order valence-corrected chi connectivity index (χ0v) is 9.41. The lowest BCUT2D eigenvalue weighted by atomic mass is 10.1. The molecule has 0 spiro atoms. The van der Waals surface area contributed by atoms with E-state index in [1.165, 1.54) is 50.8 Å². The monoisotopic (exact) mass is 203 g/mol. The molecular formula is C14H21N. The van der Waals surface area contributed by atoms with Gasteiger partial charge in [-0.1, -0.05) is 43.2 Å². The Bertz CT molecular complexity index is 264. The summed E-state index contributed by atoms with van der Waals surface area (Å²) < 4.78 is 0. The van der Waals surface area contributed by atoms with Crippen LogP contribution in [0.1, 0.15) is 31.2 Å². The Morgan fingerprint density at radius 1 is 1.07 bits per heavy atom. The van der Waals surface area contributed by atoms with Crippen LogP contribution in [0.2, 0.25) is 0 Å². The maximum atomic E-state index is 3.53. The Morgan fingerprint density at radius 3 is 2.60 bits per heavy atom. The van der Waals surface area contributed by atoms with E-state index in [0.29, 0.717) is 0 Å². The Morgan fingerprint density at radius 2 is 1.87 bits per heavy atom. The molecule has 1 aromatic carbocycles. The second-order valence-electron chi connectivity index (χ2n) is 4.57. The SMILES string of the molecule is c1ccc(CCCNCCC2CC2)cc1. The number of hydrogen-bond acceptors (Lipinski definition) is 1. The van der Waals surface area contributed by atoms with Crippen molar-refractivity contribution in [1.82, 2.24) is 5.32 Å². The maximum Gasteiger partial charge on any atom is -0.00457 e. The molecule has 0 aliphatic heterocycles. The van der Waals surface area contributed by atoms with Crippen LogP contribution in [0.5, 0.6) is 0 Å². The van der Waals surface area contributed by atoms with E-state index in [-0.39, 0.29) is 0 Å². The van der Waals surface area contributed by atoms with Crippen molar-refractivity contribution in [2.75, 3.05) is 13.1 Å². The van der Waals surface area contributed by atoms with Gasteiger partial charge in [0.25, 0.3) is 0 Å². The Kier molecular flexibility index (Phi) is 4.22. The van der Waals surface area contributed by atoms with E-state index in [1.807, 2.05) is 0 Å². The van der Waals surface area contributed by atoms with Gasteiger partial charge in [-0.05, 0) is 43.8 Å². The van der Waals surface area contributed by atoms with Crippen LogP contribution >= 0.6 is 0 Å². The first-order valence-electron chi connectivity index (χ1n) is 6.20. The minimum atomic E-state index is 1.06. The Hall–Kier alpha value is -0.820. The third-order valence-corrected chi connectivity index (χ3v) is 3.09. The lowest BCUT2D eigenvalue weighted by Gasteiger charge is -2.04. The molecule has 0 amide bonds. The van der Waals surface area contributed by atoms with Crippen molar-refractivity contribution in [3.05, 3.63) is 35.9 Å². The van der Waals surface area contributed by atoms with Crippen LogP contribution in [-0.2, 0) is 6.42 Å². The topological polar surface area (TPSA) is 12.0 Å². The van der Waals surface area contributed by atoms with Crippen LogP contribution in [0, 0.1) is 5.92 Å². The molecule has 15 heavy (non-hydrogen) atoms. The fourth-order valence-corrected chi connectivity index (χ4v) is 1.90. The molecule has 0 atom stereocenters. The van der Waals surface area contributed by atoms with Crippen molar-refractivity contribution < 1.29 is 0 Å². The van der Waals surface area contributed by atoms with Gasteiger partial charge in [0.1, 0.15) is 0 Å². The van der Waals surface area contributed by atoms with Gasteiger partial charge in [0.2, 0.25) is 0 Å². The van der Waals surface area contributed by atoms with Gasteiger partial charge in [-0.15, -0.1) is 0 Å². The molecule has 1 nitrogen and oxygen atoms in total. The lowest BCUT2D eigenvalue weighted by molar-refractivity contribution is 0.595. The second-order valence-corrected chi connectivity index (χ2v) is 4.57. The molecule has 0 aromatic heterocycles. The molecule has 2 rings (SSSR count). The molecule has 0 bridgehead atoms. The molecule has 1 fully saturated rings. The van der Waals surface area contributed by atoms with Gasteiger partial charge < -0.3 is 5.32 Å². The van der Waals surface area contributed by atoms with Crippen molar-refractivity contribution in [1.29, 1.82) is 0 Å². The van der Waals surface area contributed by atoms with Crippen molar-refractivity contribution in [2.45, 2.75) is 32.1 Å². The molecule has 0 saturated heterocycles. The average Bonchev–Trinajstić information content (AvgIpc) is 3.09. The summed E-state index contributed by atoms with van der Waals surface area (Å²) in [5.74, 6) is 1.06. The van der Waals surface area contributed by atoms with Crippen LogP contribution in [0.15, 0.2) is 30.3 Å². The van der Waals surface area contributed by atoms with Gasteiger partial charge in [0.05, 0.1) is 0 Å². The van der Waals surface area contributed by atoms with Gasteiger partial charge in [0.15, 0.2) is 0 Å². The van der Waals surface area contributed by atoms with Gasteiger partial charge >= 0.3 is 0 Å². The van der Waals surface area contributed by atoms with Gasteiger partial charge in [-0.3, -0.25) is 0 Å². The van der Waals surface area contributed by atoms with Crippen LogP contribution in [-0.4, -0.2) is 13.1 Å². The number of aryl methyl sites for hydroxylation is 1. The van der Waals surface area contributed by atoms with Crippen LogP contribution < -0.4 is 5.32 Å². The summed E-state index contributed by atoms with van der Waals surface area (Å²) in [5.41, 5.74) is 1.46. The summed E-state index contributed by atoms with van der Waals surface area (Å²) in [6.07, 6.45) is 6.81. The normalized spacial score (nSPS) is 15.5. The number of benzene rings is 1. The predicted molar refractivity (Wildman–Crippen MR) is 65.0 cm³/mol. The molecule has 1 aliphatic rings. The zero-order valence-electron chi connectivity index (χ0n) is 9.41. The highest BCUT2D eigenvalue weighted by Gasteiger charge is 2.19. The highest BCUT2D eigenvalue weighted by Crippen LogP contribution is 2.31.